The van der Waals surface area contributed by atoms with E-state index >= 15 is 0 Å². The van der Waals surface area contributed by atoms with Crippen LogP contribution in [0.2, 0.25) is 0 Å². The number of ether oxygens (including phenoxy) is 2. The molecule has 1 saturated heterocycles. The Balaban J connectivity index is 1.62. The Kier molecular flexibility index (Phi) is 6.57. The normalized spacial score (nSPS) is 15.0. The molecule has 2 N–H and O–H groups in total. The Bertz CT molecular complexity index is 700. The Hall–Kier alpha value is -2.44. The summed E-state index contributed by atoms with van der Waals surface area (Å²) in [7, 11) is 0. The number of pyridine rings is 1. The first-order chi connectivity index (χ1) is 12.8. The van der Waals surface area contributed by atoms with Crippen LogP contribution in [0.1, 0.15) is 29.6 Å². The van der Waals surface area contributed by atoms with Crippen molar-refractivity contribution in [1.29, 1.82) is 0 Å². The second-order valence-electron chi connectivity index (χ2n) is 6.29. The summed E-state index contributed by atoms with van der Waals surface area (Å²) in [4.78, 5) is 18.9. The van der Waals surface area contributed by atoms with Gasteiger partial charge in [-0.2, -0.15) is 0 Å². The minimum absolute atomic E-state index is 0.00935. The number of carbonyl (C=O) groups excluding carboxylic acids is 1. The van der Waals surface area contributed by atoms with Crippen molar-refractivity contribution in [3.8, 4) is 11.5 Å². The number of rotatable bonds is 7. The molecule has 2 heterocycles. The Morgan fingerprint density at radius 3 is 2.73 bits per heavy atom. The lowest BCUT2D eigenvalue weighted by Gasteiger charge is -2.32. The third kappa shape index (κ3) is 4.80. The second-order valence-corrected chi connectivity index (χ2v) is 6.29. The SMILES string of the molecule is NCCCOC1CCN(C(=O)c2ccccc2Oc2cccnc2)CC1. The molecule has 1 aromatic carbocycles. The van der Waals surface area contributed by atoms with Crippen LogP contribution < -0.4 is 10.5 Å². The molecule has 0 unspecified atom stereocenters. The first-order valence-corrected chi connectivity index (χ1v) is 9.06. The van der Waals surface area contributed by atoms with Crippen LogP contribution in [0.5, 0.6) is 11.5 Å². The topological polar surface area (TPSA) is 77.7 Å². The predicted octanol–water partition coefficient (Wildman–Crippen LogP) is 2.84. The minimum Gasteiger partial charge on any atom is -0.455 e. The number of amides is 1. The van der Waals surface area contributed by atoms with Crippen molar-refractivity contribution in [1.82, 2.24) is 9.88 Å². The van der Waals surface area contributed by atoms with E-state index in [1.165, 1.54) is 0 Å². The van der Waals surface area contributed by atoms with Gasteiger partial charge in [0.15, 0.2) is 0 Å². The van der Waals surface area contributed by atoms with Crippen molar-refractivity contribution in [3.05, 3.63) is 54.4 Å². The van der Waals surface area contributed by atoms with Crippen molar-refractivity contribution in [2.24, 2.45) is 5.73 Å². The zero-order valence-corrected chi connectivity index (χ0v) is 14.8. The minimum atomic E-state index is -0.00935. The number of nitrogens with two attached hydrogens (primary N) is 1. The van der Waals surface area contributed by atoms with E-state index in [0.29, 0.717) is 43.3 Å². The van der Waals surface area contributed by atoms with Crippen LogP contribution in [0, 0.1) is 0 Å². The summed E-state index contributed by atoms with van der Waals surface area (Å²) in [5.74, 6) is 1.15. The molecule has 1 aromatic heterocycles. The summed E-state index contributed by atoms with van der Waals surface area (Å²) in [6, 6.07) is 10.9. The van der Waals surface area contributed by atoms with Crippen molar-refractivity contribution >= 4 is 5.91 Å². The van der Waals surface area contributed by atoms with Gasteiger partial charge in [-0.25, -0.2) is 0 Å². The molecule has 1 amide bonds. The average Bonchev–Trinajstić information content (AvgIpc) is 2.69. The first kappa shape index (κ1) is 18.4. The lowest BCUT2D eigenvalue weighted by atomic mass is 10.1. The fraction of sp³-hybridized carbons (Fsp3) is 0.400. The van der Waals surface area contributed by atoms with Gasteiger partial charge >= 0.3 is 0 Å². The first-order valence-electron chi connectivity index (χ1n) is 9.06. The highest BCUT2D eigenvalue weighted by Gasteiger charge is 2.25. The standard InChI is InChI=1S/C20H25N3O3/c21-10-4-14-25-16-8-12-23(13-9-16)20(24)18-6-1-2-7-19(18)26-17-5-3-11-22-15-17/h1-3,5-7,11,15-16H,4,8-10,12-14,21H2. The number of hydrogen-bond donors (Lipinski definition) is 1. The van der Waals surface area contributed by atoms with E-state index in [2.05, 4.69) is 4.98 Å². The summed E-state index contributed by atoms with van der Waals surface area (Å²) < 4.78 is 11.7. The Morgan fingerprint density at radius 1 is 1.19 bits per heavy atom. The maximum absolute atomic E-state index is 13.0. The van der Waals surface area contributed by atoms with Crippen LogP contribution in [0.3, 0.4) is 0 Å². The molecule has 26 heavy (non-hydrogen) atoms. The largest absolute Gasteiger partial charge is 0.455 e. The summed E-state index contributed by atoms with van der Waals surface area (Å²) in [6.07, 6.45) is 6.10. The van der Waals surface area contributed by atoms with Crippen LogP contribution in [0.4, 0.5) is 0 Å². The van der Waals surface area contributed by atoms with Gasteiger partial charge in [0.05, 0.1) is 17.9 Å². The van der Waals surface area contributed by atoms with E-state index in [9.17, 15) is 4.79 Å². The third-order valence-electron chi connectivity index (χ3n) is 4.41. The summed E-state index contributed by atoms with van der Waals surface area (Å²) in [6.45, 7) is 2.71. The molecular formula is C20H25N3O3. The molecule has 1 aliphatic heterocycles. The quantitative estimate of drug-likeness (QED) is 0.773. The van der Waals surface area contributed by atoms with Crippen molar-refractivity contribution in [2.75, 3.05) is 26.2 Å². The number of aromatic nitrogens is 1. The molecule has 1 aliphatic rings. The molecule has 0 atom stereocenters. The highest BCUT2D eigenvalue weighted by atomic mass is 16.5. The van der Waals surface area contributed by atoms with E-state index in [0.717, 1.165) is 19.3 Å². The van der Waals surface area contributed by atoms with Gasteiger partial charge in [-0.05, 0) is 50.1 Å². The number of hydrogen-bond acceptors (Lipinski definition) is 5. The third-order valence-corrected chi connectivity index (χ3v) is 4.41. The lowest BCUT2D eigenvalue weighted by Crippen LogP contribution is -2.41. The van der Waals surface area contributed by atoms with Crippen LogP contribution in [-0.2, 0) is 4.74 Å². The van der Waals surface area contributed by atoms with Crippen LogP contribution in [-0.4, -0.2) is 48.1 Å². The molecule has 0 spiro atoms. The highest BCUT2D eigenvalue weighted by Crippen LogP contribution is 2.27. The molecule has 138 valence electrons. The molecule has 0 bridgehead atoms. The van der Waals surface area contributed by atoms with Gasteiger partial charge in [-0.15, -0.1) is 0 Å². The number of benzene rings is 1. The van der Waals surface area contributed by atoms with Gasteiger partial charge < -0.3 is 20.1 Å². The number of para-hydroxylation sites is 1. The van der Waals surface area contributed by atoms with Crippen molar-refractivity contribution < 1.29 is 14.3 Å². The number of carbonyl (C=O) groups is 1. The van der Waals surface area contributed by atoms with E-state index in [1.807, 2.05) is 29.2 Å². The van der Waals surface area contributed by atoms with E-state index in [4.69, 9.17) is 15.2 Å². The van der Waals surface area contributed by atoms with Crippen molar-refractivity contribution in [2.45, 2.75) is 25.4 Å². The van der Waals surface area contributed by atoms with Crippen LogP contribution in [0.25, 0.3) is 0 Å². The molecule has 3 rings (SSSR count). The van der Waals surface area contributed by atoms with Crippen LogP contribution >= 0.6 is 0 Å². The summed E-state index contributed by atoms with van der Waals surface area (Å²) in [5.41, 5.74) is 6.06. The number of piperidine rings is 1. The number of likely N-dealkylation sites (tertiary alicyclic amines) is 1. The molecule has 6 heteroatoms. The summed E-state index contributed by atoms with van der Waals surface area (Å²) >= 11 is 0. The van der Waals surface area contributed by atoms with Gasteiger partial charge in [-0.1, -0.05) is 12.1 Å². The van der Waals surface area contributed by atoms with Gasteiger partial charge in [0.25, 0.3) is 5.91 Å². The predicted molar refractivity (Wildman–Crippen MR) is 99.3 cm³/mol. The van der Waals surface area contributed by atoms with E-state index in [-0.39, 0.29) is 12.0 Å². The average molecular weight is 355 g/mol. The van der Waals surface area contributed by atoms with Gasteiger partial charge in [0.1, 0.15) is 11.5 Å². The zero-order chi connectivity index (χ0) is 18.2. The Labute approximate surface area is 153 Å². The summed E-state index contributed by atoms with van der Waals surface area (Å²) in [5, 5.41) is 0. The molecular weight excluding hydrogens is 330 g/mol. The molecule has 2 aromatic rings. The van der Waals surface area contributed by atoms with Crippen molar-refractivity contribution in [3.63, 3.8) is 0 Å². The fourth-order valence-electron chi connectivity index (χ4n) is 3.00. The smallest absolute Gasteiger partial charge is 0.257 e. The van der Waals surface area contributed by atoms with Crippen LogP contribution in [0.15, 0.2) is 48.8 Å². The maximum atomic E-state index is 13.0. The zero-order valence-electron chi connectivity index (χ0n) is 14.8. The molecule has 0 aliphatic carbocycles. The highest BCUT2D eigenvalue weighted by molar-refractivity contribution is 5.97. The van der Waals surface area contributed by atoms with Gasteiger partial charge in [-0.3, -0.25) is 9.78 Å². The van der Waals surface area contributed by atoms with E-state index < -0.39 is 0 Å². The maximum Gasteiger partial charge on any atom is 0.257 e. The van der Waals surface area contributed by atoms with Gasteiger partial charge in [0.2, 0.25) is 0 Å². The molecule has 0 radical (unpaired) electrons. The monoisotopic (exact) mass is 355 g/mol. The number of nitrogens with zero attached hydrogens (tertiary/aromatic N) is 2. The van der Waals surface area contributed by atoms with E-state index in [1.54, 1.807) is 24.5 Å². The molecule has 6 nitrogen and oxygen atoms in total. The molecule has 0 saturated carbocycles. The lowest BCUT2D eigenvalue weighted by molar-refractivity contribution is 0.00839. The molecule has 1 fully saturated rings. The Morgan fingerprint density at radius 2 is 2.00 bits per heavy atom. The fourth-order valence-corrected chi connectivity index (χ4v) is 3.00. The van der Waals surface area contributed by atoms with Gasteiger partial charge in [0, 0.05) is 25.9 Å². The second kappa shape index (κ2) is 9.31.